The van der Waals surface area contributed by atoms with Crippen LogP contribution in [0.1, 0.15) is 5.56 Å². The van der Waals surface area contributed by atoms with E-state index in [1.165, 1.54) is 0 Å². The fraction of sp³-hybridized carbons (Fsp3) is 0.267. The summed E-state index contributed by atoms with van der Waals surface area (Å²) in [5.41, 5.74) is 2.13. The van der Waals surface area contributed by atoms with Gasteiger partial charge in [0.2, 0.25) is 0 Å². The molecule has 0 saturated carbocycles. The van der Waals surface area contributed by atoms with E-state index in [0.717, 1.165) is 27.3 Å². The van der Waals surface area contributed by atoms with Crippen LogP contribution in [0.25, 0.3) is 0 Å². The Morgan fingerprint density at radius 1 is 1.25 bits per heavy atom. The van der Waals surface area contributed by atoms with Gasteiger partial charge in [0.05, 0.1) is 19.0 Å². The van der Waals surface area contributed by atoms with Crippen LogP contribution in [0, 0.1) is 0 Å². The minimum absolute atomic E-state index is 0.709. The normalized spacial score (nSPS) is 10.2. The molecule has 0 unspecified atom stereocenters. The standard InChI is InChI=1S/C15H18BrN3O/c1-19(2)15-7-4-12(10-18-15)17-9-11-8-13(20-3)5-6-14(11)16/h4-8,10,17H,9H2,1-3H3. The van der Waals surface area contributed by atoms with E-state index >= 15 is 0 Å². The first-order chi connectivity index (χ1) is 9.60. The van der Waals surface area contributed by atoms with Gasteiger partial charge in [-0.15, -0.1) is 0 Å². The number of halogens is 1. The summed E-state index contributed by atoms with van der Waals surface area (Å²) in [6.07, 6.45) is 1.84. The number of anilines is 2. The Labute approximate surface area is 127 Å². The van der Waals surface area contributed by atoms with Crippen LogP contribution >= 0.6 is 15.9 Å². The zero-order valence-corrected chi connectivity index (χ0v) is 13.4. The average molecular weight is 336 g/mol. The van der Waals surface area contributed by atoms with Crippen LogP contribution in [0.5, 0.6) is 5.75 Å². The fourth-order valence-corrected chi connectivity index (χ4v) is 2.15. The lowest BCUT2D eigenvalue weighted by molar-refractivity contribution is 0.414. The third kappa shape index (κ3) is 3.63. The average Bonchev–Trinajstić information content (AvgIpc) is 2.47. The number of rotatable bonds is 5. The maximum atomic E-state index is 5.24. The first kappa shape index (κ1) is 14.7. The number of nitrogens with zero attached hydrogens (tertiary/aromatic N) is 2. The maximum absolute atomic E-state index is 5.24. The highest BCUT2D eigenvalue weighted by Gasteiger charge is 2.03. The summed E-state index contributed by atoms with van der Waals surface area (Å²) < 4.78 is 6.30. The van der Waals surface area contributed by atoms with E-state index in [1.807, 2.05) is 55.5 Å². The molecule has 0 fully saturated rings. The molecule has 106 valence electrons. The largest absolute Gasteiger partial charge is 0.497 e. The van der Waals surface area contributed by atoms with E-state index in [0.29, 0.717) is 6.54 Å². The van der Waals surface area contributed by atoms with Gasteiger partial charge in [-0.2, -0.15) is 0 Å². The second-order valence-electron chi connectivity index (χ2n) is 4.61. The van der Waals surface area contributed by atoms with Crippen LogP contribution in [0.4, 0.5) is 11.5 Å². The minimum atomic E-state index is 0.709. The number of methoxy groups -OCH3 is 1. The second-order valence-corrected chi connectivity index (χ2v) is 5.46. The van der Waals surface area contributed by atoms with Crippen molar-refractivity contribution in [3.8, 4) is 5.75 Å². The minimum Gasteiger partial charge on any atom is -0.497 e. The van der Waals surface area contributed by atoms with Crippen molar-refractivity contribution >= 4 is 27.4 Å². The van der Waals surface area contributed by atoms with Gasteiger partial charge in [-0.25, -0.2) is 4.98 Å². The summed E-state index contributed by atoms with van der Waals surface area (Å²) in [5.74, 6) is 1.80. The quantitative estimate of drug-likeness (QED) is 0.906. The molecule has 0 saturated heterocycles. The van der Waals surface area contributed by atoms with Gasteiger partial charge in [0.25, 0.3) is 0 Å². The molecular formula is C15H18BrN3O. The van der Waals surface area contributed by atoms with E-state index in [2.05, 4.69) is 26.2 Å². The van der Waals surface area contributed by atoms with Gasteiger partial charge in [0.1, 0.15) is 11.6 Å². The highest BCUT2D eigenvalue weighted by Crippen LogP contribution is 2.23. The Bertz CT molecular complexity index is 570. The summed E-state index contributed by atoms with van der Waals surface area (Å²) in [4.78, 5) is 6.35. The molecule has 0 amide bonds. The van der Waals surface area contributed by atoms with Crippen molar-refractivity contribution in [1.82, 2.24) is 4.98 Å². The number of hydrogen-bond acceptors (Lipinski definition) is 4. The lowest BCUT2D eigenvalue weighted by Gasteiger charge is -2.13. The lowest BCUT2D eigenvalue weighted by Crippen LogP contribution is -2.10. The highest BCUT2D eigenvalue weighted by molar-refractivity contribution is 9.10. The van der Waals surface area contributed by atoms with Crippen LogP contribution in [0.2, 0.25) is 0 Å². The summed E-state index contributed by atoms with van der Waals surface area (Å²) >= 11 is 3.55. The zero-order chi connectivity index (χ0) is 14.5. The Balaban J connectivity index is 2.04. The predicted molar refractivity (Wildman–Crippen MR) is 86.6 cm³/mol. The van der Waals surface area contributed by atoms with Crippen molar-refractivity contribution in [3.63, 3.8) is 0 Å². The molecule has 1 aromatic carbocycles. The Morgan fingerprint density at radius 3 is 2.65 bits per heavy atom. The fourth-order valence-electron chi connectivity index (χ4n) is 1.77. The van der Waals surface area contributed by atoms with E-state index in [4.69, 9.17) is 4.74 Å². The molecule has 20 heavy (non-hydrogen) atoms. The number of pyridine rings is 1. The van der Waals surface area contributed by atoms with E-state index in [9.17, 15) is 0 Å². The van der Waals surface area contributed by atoms with Gasteiger partial charge in [0.15, 0.2) is 0 Å². The highest BCUT2D eigenvalue weighted by atomic mass is 79.9. The SMILES string of the molecule is COc1ccc(Br)c(CNc2ccc(N(C)C)nc2)c1. The number of benzene rings is 1. The molecule has 0 aliphatic carbocycles. The van der Waals surface area contributed by atoms with Gasteiger partial charge < -0.3 is 15.0 Å². The predicted octanol–water partition coefficient (Wildman–Crippen LogP) is 3.53. The molecule has 0 bridgehead atoms. The maximum Gasteiger partial charge on any atom is 0.128 e. The molecule has 0 radical (unpaired) electrons. The van der Waals surface area contributed by atoms with Gasteiger partial charge in [-0.1, -0.05) is 15.9 Å². The van der Waals surface area contributed by atoms with Gasteiger partial charge >= 0.3 is 0 Å². The van der Waals surface area contributed by atoms with Crippen molar-refractivity contribution < 1.29 is 4.74 Å². The Morgan fingerprint density at radius 2 is 2.05 bits per heavy atom. The van der Waals surface area contributed by atoms with Crippen molar-refractivity contribution in [3.05, 3.63) is 46.6 Å². The summed E-state index contributed by atoms with van der Waals surface area (Å²) in [7, 11) is 5.62. The Hall–Kier alpha value is -1.75. The zero-order valence-electron chi connectivity index (χ0n) is 11.9. The van der Waals surface area contributed by atoms with Crippen LogP contribution in [-0.2, 0) is 6.54 Å². The Kier molecular flexibility index (Phi) is 4.84. The van der Waals surface area contributed by atoms with Crippen molar-refractivity contribution in [2.75, 3.05) is 31.4 Å². The third-order valence-electron chi connectivity index (χ3n) is 2.94. The molecule has 1 aromatic heterocycles. The molecule has 0 aliphatic heterocycles. The molecule has 1 N–H and O–H groups in total. The topological polar surface area (TPSA) is 37.4 Å². The van der Waals surface area contributed by atoms with Crippen LogP contribution in [-0.4, -0.2) is 26.2 Å². The molecule has 5 heteroatoms. The number of ether oxygens (including phenoxy) is 1. The molecule has 1 heterocycles. The van der Waals surface area contributed by atoms with Crippen LogP contribution in [0.3, 0.4) is 0 Å². The molecule has 0 aliphatic rings. The second kappa shape index (κ2) is 6.61. The molecule has 2 rings (SSSR count). The van der Waals surface area contributed by atoms with Crippen molar-refractivity contribution in [2.24, 2.45) is 0 Å². The molecule has 4 nitrogen and oxygen atoms in total. The van der Waals surface area contributed by atoms with Gasteiger partial charge in [0, 0.05) is 25.1 Å². The van der Waals surface area contributed by atoms with E-state index in [1.54, 1.807) is 7.11 Å². The van der Waals surface area contributed by atoms with Gasteiger partial charge in [-0.05, 0) is 35.9 Å². The van der Waals surface area contributed by atoms with E-state index < -0.39 is 0 Å². The number of aromatic nitrogens is 1. The molecule has 0 atom stereocenters. The molecule has 2 aromatic rings. The number of hydrogen-bond donors (Lipinski definition) is 1. The van der Waals surface area contributed by atoms with Gasteiger partial charge in [-0.3, -0.25) is 0 Å². The van der Waals surface area contributed by atoms with E-state index in [-0.39, 0.29) is 0 Å². The summed E-state index contributed by atoms with van der Waals surface area (Å²) in [6, 6.07) is 9.95. The lowest BCUT2D eigenvalue weighted by atomic mass is 10.2. The van der Waals surface area contributed by atoms with Crippen molar-refractivity contribution in [2.45, 2.75) is 6.54 Å². The van der Waals surface area contributed by atoms with Crippen LogP contribution < -0.4 is 15.0 Å². The smallest absolute Gasteiger partial charge is 0.128 e. The van der Waals surface area contributed by atoms with Crippen LogP contribution in [0.15, 0.2) is 41.0 Å². The monoisotopic (exact) mass is 335 g/mol. The summed E-state index contributed by atoms with van der Waals surface area (Å²) in [6.45, 7) is 0.709. The molecule has 0 spiro atoms. The first-order valence-electron chi connectivity index (χ1n) is 6.30. The molecular weight excluding hydrogens is 318 g/mol. The third-order valence-corrected chi connectivity index (χ3v) is 3.72. The number of nitrogens with one attached hydrogen (secondary N) is 1. The first-order valence-corrected chi connectivity index (χ1v) is 7.09. The summed E-state index contributed by atoms with van der Waals surface area (Å²) in [5, 5.41) is 3.35. The van der Waals surface area contributed by atoms with Crippen molar-refractivity contribution in [1.29, 1.82) is 0 Å².